The van der Waals surface area contributed by atoms with Crippen LogP contribution in [0.25, 0.3) is 0 Å². The van der Waals surface area contributed by atoms with Gasteiger partial charge < -0.3 is 5.32 Å². The van der Waals surface area contributed by atoms with Gasteiger partial charge in [0.15, 0.2) is 0 Å². The second-order valence-corrected chi connectivity index (χ2v) is 6.17. The molecule has 0 aliphatic carbocycles. The number of hydrogen-bond donors (Lipinski definition) is 1. The number of nitrogens with zero attached hydrogens (tertiary/aromatic N) is 1. The predicted molar refractivity (Wildman–Crippen MR) is 78.0 cm³/mol. The van der Waals surface area contributed by atoms with Crippen LogP contribution in [0.3, 0.4) is 0 Å². The molecule has 1 fully saturated rings. The van der Waals surface area contributed by atoms with Crippen LogP contribution in [0.5, 0.6) is 0 Å². The number of hydrogen-bond acceptors (Lipinski definition) is 2. The number of benzene rings is 1. The molecule has 1 aromatic rings. The van der Waals surface area contributed by atoms with E-state index in [4.69, 9.17) is 0 Å². The summed E-state index contributed by atoms with van der Waals surface area (Å²) in [5.41, 5.74) is -0.569. The summed E-state index contributed by atoms with van der Waals surface area (Å²) in [6.07, 6.45) is -3.85. The molecule has 0 spiro atoms. The Morgan fingerprint density at radius 3 is 2.32 bits per heavy atom. The number of rotatable bonds is 4. The van der Waals surface area contributed by atoms with Gasteiger partial charge in [-0.05, 0) is 30.0 Å². The van der Waals surface area contributed by atoms with E-state index in [1.54, 1.807) is 0 Å². The molecule has 1 N–H and O–H groups in total. The van der Waals surface area contributed by atoms with E-state index in [1.807, 2.05) is 0 Å². The minimum absolute atomic E-state index is 0.0427. The van der Waals surface area contributed by atoms with Gasteiger partial charge in [0.25, 0.3) is 0 Å². The molecule has 124 valence electrons. The van der Waals surface area contributed by atoms with Gasteiger partial charge in [0.2, 0.25) is 0 Å². The van der Waals surface area contributed by atoms with E-state index >= 15 is 0 Å². The zero-order chi connectivity index (χ0) is 16.3. The van der Waals surface area contributed by atoms with Crippen LogP contribution in [0.15, 0.2) is 18.2 Å². The van der Waals surface area contributed by atoms with Crippen molar-refractivity contribution in [2.24, 2.45) is 5.92 Å². The Kier molecular flexibility index (Phi) is 5.45. The molecule has 0 saturated carbocycles. The lowest BCUT2D eigenvalue weighted by Crippen LogP contribution is -2.45. The summed E-state index contributed by atoms with van der Waals surface area (Å²) in [7, 11) is 0. The van der Waals surface area contributed by atoms with E-state index < -0.39 is 17.6 Å². The van der Waals surface area contributed by atoms with Crippen molar-refractivity contribution in [3.63, 3.8) is 0 Å². The van der Waals surface area contributed by atoms with E-state index in [0.717, 1.165) is 44.7 Å². The lowest BCUT2D eigenvalue weighted by Gasteiger charge is -2.36. The molecule has 22 heavy (non-hydrogen) atoms. The van der Waals surface area contributed by atoms with Gasteiger partial charge in [-0.2, -0.15) is 13.2 Å². The Balaban J connectivity index is 2.29. The summed E-state index contributed by atoms with van der Waals surface area (Å²) in [6, 6.07) is 3.29. The Bertz CT molecular complexity index is 493. The number of halogens is 4. The zero-order valence-electron chi connectivity index (χ0n) is 12.9. The van der Waals surface area contributed by atoms with E-state index in [0.29, 0.717) is 11.5 Å². The molecule has 0 bridgehead atoms. The Hall–Kier alpha value is -1.14. The molecule has 1 aliphatic heterocycles. The highest BCUT2D eigenvalue weighted by Crippen LogP contribution is 2.34. The molecule has 0 amide bonds. The van der Waals surface area contributed by atoms with Crippen LogP contribution in [0.2, 0.25) is 0 Å². The van der Waals surface area contributed by atoms with Crippen molar-refractivity contribution in [2.45, 2.75) is 32.5 Å². The van der Waals surface area contributed by atoms with Crippen molar-refractivity contribution in [1.29, 1.82) is 0 Å². The molecule has 2 rings (SSSR count). The minimum Gasteiger partial charge on any atom is -0.314 e. The van der Waals surface area contributed by atoms with Gasteiger partial charge in [-0.15, -0.1) is 0 Å². The van der Waals surface area contributed by atoms with Gasteiger partial charge in [0.05, 0.1) is 5.56 Å². The highest BCUT2D eigenvalue weighted by atomic mass is 19.4. The van der Waals surface area contributed by atoms with E-state index in [1.165, 1.54) is 6.07 Å². The lowest BCUT2D eigenvalue weighted by molar-refractivity contribution is -0.140. The topological polar surface area (TPSA) is 15.3 Å². The fourth-order valence-electron chi connectivity index (χ4n) is 2.90. The Morgan fingerprint density at radius 1 is 1.18 bits per heavy atom. The van der Waals surface area contributed by atoms with Crippen LogP contribution in [0, 0.1) is 11.7 Å². The highest BCUT2D eigenvalue weighted by molar-refractivity contribution is 5.28. The molecular weight excluding hydrogens is 296 g/mol. The summed E-state index contributed by atoms with van der Waals surface area (Å²) in [6.45, 7) is 7.46. The van der Waals surface area contributed by atoms with Crippen molar-refractivity contribution >= 4 is 0 Å². The third-order valence-corrected chi connectivity index (χ3v) is 3.97. The largest absolute Gasteiger partial charge is 0.419 e. The smallest absolute Gasteiger partial charge is 0.314 e. The normalized spacial score (nSPS) is 18.7. The van der Waals surface area contributed by atoms with E-state index in [9.17, 15) is 17.6 Å². The third-order valence-electron chi connectivity index (χ3n) is 3.97. The van der Waals surface area contributed by atoms with Crippen LogP contribution in [-0.4, -0.2) is 31.1 Å². The first-order chi connectivity index (χ1) is 10.3. The maximum atomic E-state index is 13.9. The summed E-state index contributed by atoms with van der Waals surface area (Å²) in [5, 5.41) is 3.25. The monoisotopic (exact) mass is 318 g/mol. The van der Waals surface area contributed by atoms with Crippen LogP contribution >= 0.6 is 0 Å². The quantitative estimate of drug-likeness (QED) is 0.849. The van der Waals surface area contributed by atoms with Crippen LogP contribution < -0.4 is 5.32 Å². The van der Waals surface area contributed by atoms with Crippen molar-refractivity contribution in [3.05, 3.63) is 35.1 Å². The molecule has 0 aromatic heterocycles. The van der Waals surface area contributed by atoms with Gasteiger partial charge in [-0.1, -0.05) is 19.9 Å². The fraction of sp³-hybridized carbons (Fsp3) is 0.625. The van der Waals surface area contributed by atoms with Crippen LogP contribution in [0.1, 0.15) is 37.4 Å². The molecule has 1 heterocycles. The van der Waals surface area contributed by atoms with Crippen molar-refractivity contribution in [2.75, 3.05) is 26.2 Å². The Labute approximate surface area is 128 Å². The molecule has 1 aliphatic rings. The number of nitrogens with one attached hydrogen (secondary N) is 1. The second kappa shape index (κ2) is 6.96. The first-order valence-corrected chi connectivity index (χ1v) is 7.60. The van der Waals surface area contributed by atoms with Crippen molar-refractivity contribution in [1.82, 2.24) is 10.2 Å². The average Bonchev–Trinajstić information content (AvgIpc) is 2.44. The van der Waals surface area contributed by atoms with E-state index in [-0.39, 0.29) is 6.04 Å². The maximum Gasteiger partial charge on any atom is 0.419 e. The third kappa shape index (κ3) is 4.20. The summed E-state index contributed by atoms with van der Waals surface area (Å²) in [4.78, 5) is 2.22. The summed E-state index contributed by atoms with van der Waals surface area (Å²) < 4.78 is 51.9. The molecular formula is C16H22F4N2. The van der Waals surface area contributed by atoms with Crippen LogP contribution in [-0.2, 0) is 6.18 Å². The first kappa shape index (κ1) is 17.2. The van der Waals surface area contributed by atoms with E-state index in [2.05, 4.69) is 24.1 Å². The van der Waals surface area contributed by atoms with Crippen molar-refractivity contribution in [3.8, 4) is 0 Å². The molecule has 6 heteroatoms. The molecule has 2 nitrogen and oxygen atoms in total. The SMILES string of the molecule is CC(C)C[C@H](c1ccc(C(F)(F)F)c(F)c1)N1CCNCC1. The highest BCUT2D eigenvalue weighted by Gasteiger charge is 2.34. The van der Waals surface area contributed by atoms with Gasteiger partial charge in [-0.25, -0.2) is 4.39 Å². The summed E-state index contributed by atoms with van der Waals surface area (Å²) >= 11 is 0. The maximum absolute atomic E-state index is 13.9. The number of alkyl halides is 3. The molecule has 0 radical (unpaired) electrons. The van der Waals surface area contributed by atoms with Gasteiger partial charge in [0.1, 0.15) is 5.82 Å². The standard InChI is InChI=1S/C16H22F4N2/c1-11(2)9-15(22-7-5-21-6-8-22)12-3-4-13(14(17)10-12)16(18,19)20/h3-4,10-11,15,21H,5-9H2,1-2H3/t15-/m1/s1. The average molecular weight is 318 g/mol. The summed E-state index contributed by atoms with van der Waals surface area (Å²) in [5.74, 6) is -0.806. The lowest BCUT2D eigenvalue weighted by atomic mass is 9.94. The van der Waals surface area contributed by atoms with Crippen LogP contribution in [0.4, 0.5) is 17.6 Å². The molecule has 1 atom stereocenters. The minimum atomic E-state index is -4.65. The fourth-order valence-corrected chi connectivity index (χ4v) is 2.90. The zero-order valence-corrected chi connectivity index (χ0v) is 12.9. The van der Waals surface area contributed by atoms with Gasteiger partial charge in [0, 0.05) is 32.2 Å². The number of piperazine rings is 1. The van der Waals surface area contributed by atoms with Gasteiger partial charge >= 0.3 is 6.18 Å². The van der Waals surface area contributed by atoms with Crippen molar-refractivity contribution < 1.29 is 17.6 Å². The predicted octanol–water partition coefficient (Wildman–Crippen LogP) is 3.84. The first-order valence-electron chi connectivity index (χ1n) is 7.60. The molecule has 1 aromatic carbocycles. The molecule has 1 saturated heterocycles. The molecule has 0 unspecified atom stereocenters. The second-order valence-electron chi connectivity index (χ2n) is 6.17. The Morgan fingerprint density at radius 2 is 1.82 bits per heavy atom. The van der Waals surface area contributed by atoms with Gasteiger partial charge in [-0.3, -0.25) is 4.90 Å².